The number of carbonyl (C=O) groups excluding carboxylic acids is 2. The Morgan fingerprint density at radius 1 is 0.902 bits per heavy atom. The molecule has 0 saturated heterocycles. The molecular weight excluding hydrogens is 516 g/mol. The molecule has 3 atom stereocenters. The number of nitrogens with zero attached hydrogens (tertiary/aromatic N) is 1. The van der Waals surface area contributed by atoms with E-state index in [1.165, 1.54) is 0 Å². The zero-order valence-electron chi connectivity index (χ0n) is 24.2. The fourth-order valence-corrected chi connectivity index (χ4v) is 6.07. The lowest BCUT2D eigenvalue weighted by molar-refractivity contribution is -0.123. The molecule has 1 aliphatic heterocycles. The van der Waals surface area contributed by atoms with Crippen molar-refractivity contribution in [1.29, 1.82) is 0 Å². The molecule has 0 spiro atoms. The van der Waals surface area contributed by atoms with E-state index < -0.39 is 12.0 Å². The molecule has 1 aliphatic carbocycles. The lowest BCUT2D eigenvalue weighted by Gasteiger charge is -2.38. The maximum absolute atomic E-state index is 14.3. The third-order valence-corrected chi connectivity index (χ3v) is 8.04. The summed E-state index contributed by atoms with van der Waals surface area (Å²) in [5.41, 5.74) is 4.16. The molecule has 2 aliphatic rings. The average molecular weight is 555 g/mol. The van der Waals surface area contributed by atoms with E-state index in [0.717, 1.165) is 47.5 Å². The van der Waals surface area contributed by atoms with Crippen LogP contribution in [-0.4, -0.2) is 33.0 Å². The van der Waals surface area contributed by atoms with Gasteiger partial charge < -0.3 is 24.4 Å². The van der Waals surface area contributed by atoms with E-state index in [1.54, 1.807) is 21.3 Å². The van der Waals surface area contributed by atoms with Crippen molar-refractivity contribution in [3.8, 4) is 17.2 Å². The number of hydrogen-bond donors (Lipinski definition) is 1. The number of ketones is 1. The van der Waals surface area contributed by atoms with Gasteiger partial charge in [0.25, 0.3) is 0 Å². The van der Waals surface area contributed by atoms with Crippen LogP contribution in [0.15, 0.2) is 78.5 Å². The average Bonchev–Trinajstić information content (AvgIpc) is 3.15. The Balaban J connectivity index is 1.73. The molecule has 3 aromatic rings. The van der Waals surface area contributed by atoms with Crippen LogP contribution in [0.3, 0.4) is 0 Å². The Kier molecular flexibility index (Phi) is 8.62. The largest absolute Gasteiger partial charge is 0.493 e. The molecule has 7 heteroatoms. The van der Waals surface area contributed by atoms with Crippen molar-refractivity contribution in [1.82, 2.24) is 0 Å². The first-order valence-electron chi connectivity index (χ1n) is 14.3. The zero-order chi connectivity index (χ0) is 28.9. The Hall–Kier alpha value is -4.26. The van der Waals surface area contributed by atoms with Gasteiger partial charge in [0.2, 0.25) is 11.7 Å². The second-order valence-corrected chi connectivity index (χ2v) is 10.6. The first kappa shape index (κ1) is 28.3. The molecule has 0 radical (unpaired) electrons. The maximum Gasteiger partial charge on any atom is 0.227 e. The van der Waals surface area contributed by atoms with Crippen LogP contribution in [0, 0.1) is 5.92 Å². The van der Waals surface area contributed by atoms with Crippen molar-refractivity contribution in [2.24, 2.45) is 5.92 Å². The van der Waals surface area contributed by atoms with Gasteiger partial charge in [-0.3, -0.25) is 9.59 Å². The smallest absolute Gasteiger partial charge is 0.227 e. The van der Waals surface area contributed by atoms with E-state index in [0.29, 0.717) is 30.1 Å². The van der Waals surface area contributed by atoms with Crippen molar-refractivity contribution in [3.63, 3.8) is 0 Å². The summed E-state index contributed by atoms with van der Waals surface area (Å²) in [6.07, 6.45) is 5.64. The van der Waals surface area contributed by atoms with Crippen LogP contribution < -0.4 is 24.4 Å². The standard InChI is InChI=1S/C34H38N2O5/c1-5-6-8-17-31(38)36-27-16-12-11-15-25(27)35-26-18-23(22-13-9-7-10-14-22)19-28(37)32(26)33(36)24-20-29(39-2)34(41-4)30(21-24)40-3/h7,9-16,18,20-21,23,32-33,35H,5-6,8,17,19H2,1-4H3/t23-,32+,33-/m0/s1. The quantitative estimate of drug-likeness (QED) is 0.286. The number of amides is 1. The number of Topliss-reactive ketones (excluding diaryl/α,β-unsaturated/α-hetero) is 1. The molecule has 7 nitrogen and oxygen atoms in total. The lowest BCUT2D eigenvalue weighted by Crippen LogP contribution is -2.42. The third-order valence-electron chi connectivity index (χ3n) is 8.04. The second-order valence-electron chi connectivity index (χ2n) is 10.6. The van der Waals surface area contributed by atoms with Crippen LogP contribution in [0.2, 0.25) is 0 Å². The van der Waals surface area contributed by atoms with Crippen LogP contribution in [0.25, 0.3) is 0 Å². The molecule has 41 heavy (non-hydrogen) atoms. The minimum atomic E-state index is -0.621. The van der Waals surface area contributed by atoms with Crippen molar-refractivity contribution in [2.45, 2.75) is 51.0 Å². The second kappa shape index (κ2) is 12.5. The van der Waals surface area contributed by atoms with Crippen molar-refractivity contribution < 1.29 is 23.8 Å². The summed E-state index contributed by atoms with van der Waals surface area (Å²) in [5, 5.41) is 3.58. The van der Waals surface area contributed by atoms with Crippen LogP contribution in [0.5, 0.6) is 17.2 Å². The minimum absolute atomic E-state index is 0.0225. The van der Waals surface area contributed by atoms with Gasteiger partial charge in [-0.25, -0.2) is 0 Å². The van der Waals surface area contributed by atoms with E-state index in [2.05, 4.69) is 30.4 Å². The molecule has 5 rings (SSSR count). The van der Waals surface area contributed by atoms with Crippen molar-refractivity contribution >= 4 is 23.1 Å². The van der Waals surface area contributed by atoms with E-state index in [-0.39, 0.29) is 17.6 Å². The summed E-state index contributed by atoms with van der Waals surface area (Å²) in [4.78, 5) is 30.2. The number of hydrogen-bond acceptors (Lipinski definition) is 6. The number of unbranched alkanes of at least 4 members (excludes halogenated alkanes) is 2. The summed E-state index contributed by atoms with van der Waals surface area (Å²) >= 11 is 0. The predicted octanol–water partition coefficient (Wildman–Crippen LogP) is 7.05. The number of allylic oxidation sites excluding steroid dienone is 1. The fourth-order valence-electron chi connectivity index (χ4n) is 6.07. The lowest BCUT2D eigenvalue weighted by atomic mass is 9.76. The van der Waals surface area contributed by atoms with E-state index >= 15 is 0 Å². The van der Waals surface area contributed by atoms with Crippen molar-refractivity contribution in [3.05, 3.63) is 89.6 Å². The van der Waals surface area contributed by atoms with Crippen LogP contribution in [0.1, 0.15) is 62.1 Å². The van der Waals surface area contributed by atoms with Gasteiger partial charge in [-0.2, -0.15) is 0 Å². The predicted molar refractivity (Wildman–Crippen MR) is 161 cm³/mol. The monoisotopic (exact) mass is 554 g/mol. The number of fused-ring (bicyclic) bond motifs is 2. The number of rotatable bonds is 9. The summed E-state index contributed by atoms with van der Waals surface area (Å²) in [6, 6.07) is 21.0. The summed E-state index contributed by atoms with van der Waals surface area (Å²) in [5.74, 6) is 0.777. The Labute approximate surface area is 242 Å². The van der Waals surface area contributed by atoms with Crippen molar-refractivity contribution in [2.75, 3.05) is 31.5 Å². The van der Waals surface area contributed by atoms with E-state index in [4.69, 9.17) is 14.2 Å². The molecule has 3 aromatic carbocycles. The number of anilines is 2. The van der Waals surface area contributed by atoms with E-state index in [9.17, 15) is 9.59 Å². The highest BCUT2D eigenvalue weighted by Gasteiger charge is 2.45. The van der Waals surface area contributed by atoms with Gasteiger partial charge in [-0.1, -0.05) is 68.3 Å². The van der Waals surface area contributed by atoms with Gasteiger partial charge >= 0.3 is 0 Å². The number of nitrogens with one attached hydrogen (secondary N) is 1. The topological polar surface area (TPSA) is 77.1 Å². The molecular formula is C34H38N2O5. The van der Waals surface area contributed by atoms with Gasteiger partial charge in [0.15, 0.2) is 11.5 Å². The number of ether oxygens (including phenoxy) is 3. The molecule has 0 bridgehead atoms. The number of benzene rings is 3. The molecule has 0 fully saturated rings. The first-order chi connectivity index (χ1) is 20.0. The minimum Gasteiger partial charge on any atom is -0.493 e. The normalized spacial score (nSPS) is 19.7. The van der Waals surface area contributed by atoms with Crippen LogP contribution in [0.4, 0.5) is 11.4 Å². The summed E-state index contributed by atoms with van der Waals surface area (Å²) in [7, 11) is 4.70. The molecule has 0 saturated carbocycles. The number of methoxy groups -OCH3 is 3. The maximum atomic E-state index is 14.3. The fraction of sp³-hybridized carbons (Fsp3) is 0.353. The summed E-state index contributed by atoms with van der Waals surface area (Å²) < 4.78 is 17.0. The highest BCUT2D eigenvalue weighted by molar-refractivity contribution is 6.01. The third kappa shape index (κ3) is 5.53. The number of para-hydroxylation sites is 2. The van der Waals surface area contributed by atoms with Gasteiger partial charge in [-0.15, -0.1) is 0 Å². The highest BCUT2D eigenvalue weighted by Crippen LogP contribution is 2.50. The molecule has 1 heterocycles. The molecule has 1 amide bonds. The highest BCUT2D eigenvalue weighted by atomic mass is 16.5. The van der Waals surface area contributed by atoms with Gasteiger partial charge in [-0.05, 0) is 41.8 Å². The number of carbonyl (C=O) groups is 2. The Bertz CT molecular complexity index is 1410. The van der Waals surface area contributed by atoms with Gasteiger partial charge in [0.1, 0.15) is 5.78 Å². The molecule has 214 valence electrons. The molecule has 0 unspecified atom stereocenters. The Morgan fingerprint density at radius 3 is 2.24 bits per heavy atom. The zero-order valence-corrected chi connectivity index (χ0v) is 24.2. The SMILES string of the molecule is CCCCCC(=O)N1c2ccccc2NC2=C[C@H](c3ccccc3)CC(=O)[C@@H]2[C@@H]1c1cc(OC)c(OC)c(OC)c1. The Morgan fingerprint density at radius 2 is 1.59 bits per heavy atom. The van der Waals surface area contributed by atoms with Crippen LogP contribution >= 0.6 is 0 Å². The molecule has 0 aromatic heterocycles. The summed E-state index contributed by atoms with van der Waals surface area (Å²) in [6.45, 7) is 2.12. The first-order valence-corrected chi connectivity index (χ1v) is 14.3. The van der Waals surface area contributed by atoms with Gasteiger partial charge in [0, 0.05) is 24.5 Å². The molecule has 1 N–H and O–H groups in total. The van der Waals surface area contributed by atoms with Crippen LogP contribution in [-0.2, 0) is 9.59 Å². The van der Waals surface area contributed by atoms with Gasteiger partial charge in [0.05, 0.1) is 44.7 Å². The van der Waals surface area contributed by atoms with E-state index in [1.807, 2.05) is 59.5 Å².